The first-order chi connectivity index (χ1) is 5.92. The van der Waals surface area contributed by atoms with E-state index in [-0.39, 0.29) is 0 Å². The van der Waals surface area contributed by atoms with Crippen molar-refractivity contribution in [3.8, 4) is 5.88 Å². The Kier molecular flexibility index (Phi) is 1.86. The van der Waals surface area contributed by atoms with E-state index in [1.165, 1.54) is 0 Å². The van der Waals surface area contributed by atoms with Gasteiger partial charge < -0.3 is 9.64 Å². The second kappa shape index (κ2) is 3.01. The van der Waals surface area contributed by atoms with Gasteiger partial charge in [0.15, 0.2) is 0 Å². The average molecular weight is 164 g/mol. The summed E-state index contributed by atoms with van der Waals surface area (Å²) in [5, 5.41) is 0. The molecule has 1 aliphatic heterocycles. The first kappa shape index (κ1) is 7.40. The lowest BCUT2D eigenvalue weighted by molar-refractivity contribution is 0.296. The Morgan fingerprint density at radius 3 is 3.42 bits per heavy atom. The molecule has 12 heavy (non-hydrogen) atoms. The zero-order valence-corrected chi connectivity index (χ0v) is 7.16. The van der Waals surface area contributed by atoms with Crippen LogP contribution in [0.15, 0.2) is 18.3 Å². The van der Waals surface area contributed by atoms with Gasteiger partial charge in [-0.15, -0.1) is 0 Å². The second-order valence-corrected chi connectivity index (χ2v) is 2.76. The van der Waals surface area contributed by atoms with Crippen molar-refractivity contribution in [2.24, 2.45) is 0 Å². The van der Waals surface area contributed by atoms with E-state index >= 15 is 0 Å². The van der Waals surface area contributed by atoms with E-state index in [0.717, 1.165) is 31.3 Å². The summed E-state index contributed by atoms with van der Waals surface area (Å²) < 4.78 is 5.40. The van der Waals surface area contributed by atoms with Gasteiger partial charge in [-0.3, -0.25) is 0 Å². The van der Waals surface area contributed by atoms with E-state index in [4.69, 9.17) is 4.74 Å². The maximum atomic E-state index is 5.40. The molecule has 0 radical (unpaired) electrons. The van der Waals surface area contributed by atoms with Gasteiger partial charge in [0, 0.05) is 12.7 Å². The molecule has 1 aliphatic rings. The Hall–Kier alpha value is -1.25. The molecule has 3 nitrogen and oxygen atoms in total. The van der Waals surface area contributed by atoms with E-state index in [1.807, 2.05) is 12.1 Å². The fourth-order valence-electron chi connectivity index (χ4n) is 1.44. The molecule has 0 fully saturated rings. The lowest BCUT2D eigenvalue weighted by Gasteiger charge is -2.28. The van der Waals surface area contributed by atoms with Crippen molar-refractivity contribution in [1.82, 2.24) is 4.98 Å². The zero-order chi connectivity index (χ0) is 8.39. The predicted molar refractivity (Wildman–Crippen MR) is 47.6 cm³/mol. The van der Waals surface area contributed by atoms with Crippen molar-refractivity contribution in [2.75, 3.05) is 24.6 Å². The van der Waals surface area contributed by atoms with E-state index in [9.17, 15) is 0 Å². The third-order valence-electron chi connectivity index (χ3n) is 2.07. The highest BCUT2D eigenvalue weighted by Gasteiger charge is 2.16. The molecule has 0 N–H and O–H groups in total. The van der Waals surface area contributed by atoms with E-state index in [2.05, 4.69) is 16.8 Å². The molecule has 2 heterocycles. The molecule has 1 aromatic rings. The van der Waals surface area contributed by atoms with E-state index < -0.39 is 0 Å². The SMILES string of the molecule is CCN1CCOc2ncccc21. The Balaban J connectivity index is 2.37. The number of ether oxygens (including phenoxy) is 1. The molecule has 2 rings (SSSR count). The van der Waals surface area contributed by atoms with Gasteiger partial charge in [0.1, 0.15) is 6.61 Å². The summed E-state index contributed by atoms with van der Waals surface area (Å²) in [6.07, 6.45) is 1.76. The van der Waals surface area contributed by atoms with Crippen molar-refractivity contribution in [1.29, 1.82) is 0 Å². The monoisotopic (exact) mass is 164 g/mol. The van der Waals surface area contributed by atoms with Gasteiger partial charge in [0.25, 0.3) is 0 Å². The maximum absolute atomic E-state index is 5.40. The zero-order valence-electron chi connectivity index (χ0n) is 7.16. The Bertz CT molecular complexity index is 275. The van der Waals surface area contributed by atoms with Crippen LogP contribution in [0.3, 0.4) is 0 Å². The van der Waals surface area contributed by atoms with Crippen LogP contribution in [0, 0.1) is 0 Å². The van der Waals surface area contributed by atoms with Crippen molar-refractivity contribution >= 4 is 5.69 Å². The topological polar surface area (TPSA) is 25.4 Å². The smallest absolute Gasteiger partial charge is 0.237 e. The molecular formula is C9H12N2O. The first-order valence-electron chi connectivity index (χ1n) is 4.24. The fraction of sp³-hybridized carbons (Fsp3) is 0.444. The molecule has 0 amide bonds. The van der Waals surface area contributed by atoms with Gasteiger partial charge in [-0.2, -0.15) is 0 Å². The number of hydrogen-bond donors (Lipinski definition) is 0. The number of hydrogen-bond acceptors (Lipinski definition) is 3. The molecule has 0 aliphatic carbocycles. The quantitative estimate of drug-likeness (QED) is 0.625. The molecular weight excluding hydrogens is 152 g/mol. The van der Waals surface area contributed by atoms with Crippen LogP contribution in [0.4, 0.5) is 5.69 Å². The van der Waals surface area contributed by atoms with Crippen LogP contribution in [0.2, 0.25) is 0 Å². The largest absolute Gasteiger partial charge is 0.474 e. The Morgan fingerprint density at radius 1 is 1.67 bits per heavy atom. The minimum absolute atomic E-state index is 0.748. The van der Waals surface area contributed by atoms with Crippen LogP contribution in [-0.4, -0.2) is 24.7 Å². The maximum Gasteiger partial charge on any atom is 0.237 e. The number of rotatable bonds is 1. The molecule has 0 atom stereocenters. The predicted octanol–water partition coefficient (Wildman–Crippen LogP) is 1.30. The summed E-state index contributed by atoms with van der Waals surface area (Å²) in [6, 6.07) is 3.99. The molecule has 0 unspecified atom stereocenters. The Morgan fingerprint density at radius 2 is 2.58 bits per heavy atom. The van der Waals surface area contributed by atoms with Crippen LogP contribution in [0.25, 0.3) is 0 Å². The fourth-order valence-corrected chi connectivity index (χ4v) is 1.44. The first-order valence-corrected chi connectivity index (χ1v) is 4.24. The summed E-state index contributed by atoms with van der Waals surface area (Å²) in [6.45, 7) is 4.87. The number of pyridine rings is 1. The summed E-state index contributed by atoms with van der Waals surface area (Å²) in [7, 11) is 0. The second-order valence-electron chi connectivity index (χ2n) is 2.76. The number of nitrogens with zero attached hydrogens (tertiary/aromatic N) is 2. The average Bonchev–Trinajstić information content (AvgIpc) is 2.17. The van der Waals surface area contributed by atoms with Crippen LogP contribution < -0.4 is 9.64 Å². The van der Waals surface area contributed by atoms with E-state index in [0.29, 0.717) is 0 Å². The standard InChI is InChI=1S/C9H12N2O/c1-2-11-6-7-12-9-8(11)4-3-5-10-9/h3-5H,2,6-7H2,1H3. The summed E-state index contributed by atoms with van der Waals surface area (Å²) in [5.74, 6) is 0.769. The summed E-state index contributed by atoms with van der Waals surface area (Å²) >= 11 is 0. The van der Waals surface area contributed by atoms with Crippen LogP contribution in [0.5, 0.6) is 5.88 Å². The third-order valence-corrected chi connectivity index (χ3v) is 2.07. The van der Waals surface area contributed by atoms with E-state index in [1.54, 1.807) is 6.20 Å². The van der Waals surface area contributed by atoms with Crippen molar-refractivity contribution in [3.05, 3.63) is 18.3 Å². The molecule has 3 heteroatoms. The number of likely N-dealkylation sites (N-methyl/N-ethyl adjacent to an activating group) is 1. The lowest BCUT2D eigenvalue weighted by atomic mass is 10.3. The summed E-state index contributed by atoms with van der Waals surface area (Å²) in [5.41, 5.74) is 1.12. The van der Waals surface area contributed by atoms with Crippen molar-refractivity contribution < 1.29 is 4.74 Å². The number of aromatic nitrogens is 1. The molecule has 0 saturated carbocycles. The molecule has 0 bridgehead atoms. The molecule has 1 aromatic heterocycles. The van der Waals surface area contributed by atoms with Gasteiger partial charge >= 0.3 is 0 Å². The minimum atomic E-state index is 0.748. The van der Waals surface area contributed by atoms with Crippen molar-refractivity contribution in [3.63, 3.8) is 0 Å². The van der Waals surface area contributed by atoms with Gasteiger partial charge in [-0.05, 0) is 19.1 Å². The van der Waals surface area contributed by atoms with Crippen LogP contribution in [-0.2, 0) is 0 Å². The van der Waals surface area contributed by atoms with Gasteiger partial charge in [-0.1, -0.05) is 0 Å². The van der Waals surface area contributed by atoms with Gasteiger partial charge in [0.2, 0.25) is 5.88 Å². The Labute approximate surface area is 72.0 Å². The normalized spacial score (nSPS) is 15.2. The third kappa shape index (κ3) is 1.11. The van der Waals surface area contributed by atoms with Crippen molar-refractivity contribution in [2.45, 2.75) is 6.92 Å². The number of anilines is 1. The molecule has 0 saturated heterocycles. The minimum Gasteiger partial charge on any atom is -0.474 e. The highest BCUT2D eigenvalue weighted by Crippen LogP contribution is 2.27. The molecule has 0 aromatic carbocycles. The lowest BCUT2D eigenvalue weighted by Crippen LogP contribution is -2.32. The van der Waals surface area contributed by atoms with Crippen LogP contribution in [0.1, 0.15) is 6.92 Å². The van der Waals surface area contributed by atoms with Crippen LogP contribution >= 0.6 is 0 Å². The molecule has 0 spiro atoms. The van der Waals surface area contributed by atoms with Gasteiger partial charge in [0.05, 0.1) is 12.2 Å². The number of fused-ring (bicyclic) bond motifs is 1. The van der Waals surface area contributed by atoms with Gasteiger partial charge in [-0.25, -0.2) is 4.98 Å². The molecule has 64 valence electrons. The summed E-state index contributed by atoms with van der Waals surface area (Å²) in [4.78, 5) is 6.42. The highest BCUT2D eigenvalue weighted by atomic mass is 16.5. The highest BCUT2D eigenvalue weighted by molar-refractivity contribution is 5.55.